The van der Waals surface area contributed by atoms with Crippen molar-refractivity contribution in [2.75, 3.05) is 26.2 Å². The SMILES string of the molecule is Cc1nc(CN2CCO[C@H]3CN(C(=O)CC(C)(C)O)C[C@@H]32)cs1. The molecule has 3 rings (SSSR count). The van der Waals surface area contributed by atoms with Gasteiger partial charge in [-0.2, -0.15) is 0 Å². The monoisotopic (exact) mass is 339 g/mol. The molecule has 0 unspecified atom stereocenters. The van der Waals surface area contributed by atoms with Crippen LogP contribution in [0.1, 0.15) is 31.0 Å². The highest BCUT2D eigenvalue weighted by molar-refractivity contribution is 7.09. The third-order valence-electron chi connectivity index (χ3n) is 4.38. The largest absolute Gasteiger partial charge is 0.390 e. The molecule has 0 spiro atoms. The number of amides is 1. The van der Waals surface area contributed by atoms with Crippen molar-refractivity contribution in [3.05, 3.63) is 16.1 Å². The number of ether oxygens (including phenoxy) is 1. The number of rotatable bonds is 4. The lowest BCUT2D eigenvalue weighted by molar-refractivity contribution is -0.134. The van der Waals surface area contributed by atoms with E-state index in [4.69, 9.17) is 4.74 Å². The van der Waals surface area contributed by atoms with Gasteiger partial charge in [-0.25, -0.2) is 4.98 Å². The summed E-state index contributed by atoms with van der Waals surface area (Å²) < 4.78 is 5.87. The molecule has 1 aromatic rings. The Morgan fingerprint density at radius 1 is 1.52 bits per heavy atom. The van der Waals surface area contributed by atoms with E-state index >= 15 is 0 Å². The molecule has 1 N–H and O–H groups in total. The molecular formula is C16H25N3O3S. The Bertz CT molecular complexity index is 569. The third-order valence-corrected chi connectivity index (χ3v) is 5.21. The highest BCUT2D eigenvalue weighted by Crippen LogP contribution is 2.26. The molecule has 0 aromatic carbocycles. The second kappa shape index (κ2) is 6.47. The Labute approximate surface area is 141 Å². The van der Waals surface area contributed by atoms with Gasteiger partial charge < -0.3 is 14.7 Å². The fourth-order valence-electron chi connectivity index (χ4n) is 3.33. The maximum atomic E-state index is 12.4. The van der Waals surface area contributed by atoms with Crippen molar-refractivity contribution in [2.24, 2.45) is 0 Å². The summed E-state index contributed by atoms with van der Waals surface area (Å²) in [6.07, 6.45) is 0.215. The molecule has 0 saturated carbocycles. The second-order valence-corrected chi connectivity index (χ2v) is 8.16. The zero-order valence-electron chi connectivity index (χ0n) is 14.0. The van der Waals surface area contributed by atoms with E-state index < -0.39 is 5.60 Å². The van der Waals surface area contributed by atoms with Gasteiger partial charge in [0, 0.05) is 31.6 Å². The molecule has 0 radical (unpaired) electrons. The Hall–Kier alpha value is -1.02. The number of hydrogen-bond acceptors (Lipinski definition) is 6. The van der Waals surface area contributed by atoms with Crippen molar-refractivity contribution >= 4 is 17.2 Å². The minimum absolute atomic E-state index is 0.0000437. The van der Waals surface area contributed by atoms with Crippen LogP contribution in [-0.2, 0) is 16.1 Å². The number of thiazole rings is 1. The van der Waals surface area contributed by atoms with Crippen molar-refractivity contribution in [2.45, 2.75) is 51.5 Å². The molecule has 1 amide bonds. The Morgan fingerprint density at radius 3 is 2.96 bits per heavy atom. The van der Waals surface area contributed by atoms with Gasteiger partial charge in [0.05, 0.1) is 41.5 Å². The van der Waals surface area contributed by atoms with Crippen molar-refractivity contribution in [1.29, 1.82) is 0 Å². The molecule has 7 heteroatoms. The Balaban J connectivity index is 1.64. The first-order chi connectivity index (χ1) is 10.8. The van der Waals surface area contributed by atoms with Crippen LogP contribution in [0.2, 0.25) is 0 Å². The number of morpholine rings is 1. The van der Waals surface area contributed by atoms with Gasteiger partial charge in [-0.1, -0.05) is 0 Å². The number of aliphatic hydroxyl groups is 1. The molecule has 3 heterocycles. The lowest BCUT2D eigenvalue weighted by Crippen LogP contribution is -2.50. The highest BCUT2D eigenvalue weighted by atomic mass is 32.1. The van der Waals surface area contributed by atoms with Crippen molar-refractivity contribution in [3.63, 3.8) is 0 Å². The van der Waals surface area contributed by atoms with Crippen LogP contribution in [-0.4, -0.2) is 69.8 Å². The second-order valence-electron chi connectivity index (χ2n) is 7.09. The first-order valence-electron chi connectivity index (χ1n) is 8.09. The van der Waals surface area contributed by atoms with E-state index in [9.17, 15) is 9.90 Å². The van der Waals surface area contributed by atoms with Gasteiger partial charge in [0.2, 0.25) is 5.91 Å². The van der Waals surface area contributed by atoms with Crippen LogP contribution >= 0.6 is 11.3 Å². The number of aryl methyl sites for hydroxylation is 1. The Morgan fingerprint density at radius 2 is 2.30 bits per heavy atom. The van der Waals surface area contributed by atoms with Crippen LogP contribution in [0.5, 0.6) is 0 Å². The first-order valence-corrected chi connectivity index (χ1v) is 8.96. The van der Waals surface area contributed by atoms with Gasteiger partial charge in [0.25, 0.3) is 0 Å². The molecule has 2 fully saturated rings. The molecular weight excluding hydrogens is 314 g/mol. The number of likely N-dealkylation sites (tertiary alicyclic amines) is 1. The van der Waals surface area contributed by atoms with Crippen molar-refractivity contribution in [1.82, 2.24) is 14.8 Å². The smallest absolute Gasteiger partial charge is 0.225 e. The predicted molar refractivity (Wildman–Crippen MR) is 88.3 cm³/mol. The molecule has 2 atom stereocenters. The minimum Gasteiger partial charge on any atom is -0.390 e. The molecule has 2 aliphatic rings. The lowest BCUT2D eigenvalue weighted by Gasteiger charge is -2.36. The van der Waals surface area contributed by atoms with Crippen LogP contribution in [0.15, 0.2) is 5.38 Å². The first kappa shape index (κ1) is 16.8. The van der Waals surface area contributed by atoms with Gasteiger partial charge in [0.1, 0.15) is 0 Å². The van der Waals surface area contributed by atoms with E-state index in [1.54, 1.807) is 25.2 Å². The van der Waals surface area contributed by atoms with E-state index in [0.717, 1.165) is 23.8 Å². The van der Waals surface area contributed by atoms with Gasteiger partial charge in [-0.15, -0.1) is 11.3 Å². The lowest BCUT2D eigenvalue weighted by atomic mass is 10.1. The zero-order valence-corrected chi connectivity index (χ0v) is 14.8. The molecule has 1 aromatic heterocycles. The average Bonchev–Trinajstić information content (AvgIpc) is 3.04. The maximum absolute atomic E-state index is 12.4. The zero-order chi connectivity index (χ0) is 16.6. The van der Waals surface area contributed by atoms with E-state index in [1.807, 2.05) is 11.8 Å². The molecule has 23 heavy (non-hydrogen) atoms. The number of carbonyl (C=O) groups is 1. The number of aromatic nitrogens is 1. The quantitative estimate of drug-likeness (QED) is 0.887. The van der Waals surface area contributed by atoms with Gasteiger partial charge >= 0.3 is 0 Å². The van der Waals surface area contributed by atoms with Gasteiger partial charge in [-0.3, -0.25) is 9.69 Å². The van der Waals surface area contributed by atoms with Crippen molar-refractivity contribution < 1.29 is 14.6 Å². The fourth-order valence-corrected chi connectivity index (χ4v) is 3.93. The van der Waals surface area contributed by atoms with Crippen LogP contribution in [0.3, 0.4) is 0 Å². The third kappa shape index (κ3) is 4.09. The summed E-state index contributed by atoms with van der Waals surface area (Å²) in [5.41, 5.74) is 0.123. The fraction of sp³-hybridized carbons (Fsp3) is 0.750. The molecule has 2 saturated heterocycles. The van der Waals surface area contributed by atoms with E-state index in [0.29, 0.717) is 19.7 Å². The van der Waals surface area contributed by atoms with Crippen molar-refractivity contribution in [3.8, 4) is 0 Å². The summed E-state index contributed by atoms with van der Waals surface area (Å²) in [7, 11) is 0. The van der Waals surface area contributed by atoms with E-state index in [1.165, 1.54) is 0 Å². The molecule has 6 nitrogen and oxygen atoms in total. The summed E-state index contributed by atoms with van der Waals surface area (Å²) in [4.78, 5) is 21.1. The van der Waals surface area contributed by atoms with Gasteiger partial charge in [0.15, 0.2) is 0 Å². The van der Waals surface area contributed by atoms with E-state index in [2.05, 4.69) is 15.3 Å². The maximum Gasteiger partial charge on any atom is 0.225 e. The summed E-state index contributed by atoms with van der Waals surface area (Å²) in [5.74, 6) is -0.0000437. The Kier molecular flexibility index (Phi) is 4.73. The predicted octanol–water partition coefficient (Wildman–Crippen LogP) is 1.02. The number of hydrogen-bond donors (Lipinski definition) is 1. The molecule has 0 bridgehead atoms. The number of nitrogens with zero attached hydrogens (tertiary/aromatic N) is 3. The molecule has 0 aliphatic carbocycles. The summed E-state index contributed by atoms with van der Waals surface area (Å²) in [6.45, 7) is 9.01. The summed E-state index contributed by atoms with van der Waals surface area (Å²) in [5, 5.41) is 13.0. The van der Waals surface area contributed by atoms with Crippen LogP contribution < -0.4 is 0 Å². The minimum atomic E-state index is -0.969. The summed E-state index contributed by atoms with van der Waals surface area (Å²) >= 11 is 1.67. The topological polar surface area (TPSA) is 65.9 Å². The average molecular weight is 339 g/mol. The van der Waals surface area contributed by atoms with E-state index in [-0.39, 0.29) is 24.5 Å². The number of fused-ring (bicyclic) bond motifs is 1. The van der Waals surface area contributed by atoms with Crippen LogP contribution in [0, 0.1) is 6.92 Å². The molecule has 2 aliphatic heterocycles. The number of carbonyl (C=O) groups excluding carboxylic acids is 1. The van der Waals surface area contributed by atoms with Gasteiger partial charge in [-0.05, 0) is 20.8 Å². The molecule has 128 valence electrons. The summed E-state index contributed by atoms with van der Waals surface area (Å²) in [6, 6.07) is 0.219. The standard InChI is InChI=1S/C16H25N3O3S/c1-11-17-12(10-23-11)7-18-4-5-22-14-9-19(8-13(14)18)15(20)6-16(2,3)21/h10,13-14,21H,4-9H2,1-3H3/t13-,14-/m0/s1. The van der Waals surface area contributed by atoms with Crippen LogP contribution in [0.4, 0.5) is 0 Å². The van der Waals surface area contributed by atoms with Crippen LogP contribution in [0.25, 0.3) is 0 Å². The normalized spacial score (nSPS) is 25.7. The highest BCUT2D eigenvalue weighted by Gasteiger charge is 2.42.